The molecule has 1 fully saturated rings. The van der Waals surface area contributed by atoms with Crippen molar-refractivity contribution in [3.8, 4) is 0 Å². The zero-order valence-corrected chi connectivity index (χ0v) is 10.2. The molecule has 1 aromatic rings. The van der Waals surface area contributed by atoms with Crippen molar-refractivity contribution in [3.63, 3.8) is 0 Å². The lowest BCUT2D eigenvalue weighted by atomic mass is 9.85. The molecule has 1 heterocycles. The van der Waals surface area contributed by atoms with Gasteiger partial charge < -0.3 is 14.8 Å². The lowest BCUT2D eigenvalue weighted by Crippen LogP contribution is -2.20. The summed E-state index contributed by atoms with van der Waals surface area (Å²) < 4.78 is 1.84. The van der Waals surface area contributed by atoms with Crippen LogP contribution in [0.1, 0.15) is 25.1 Å². The van der Waals surface area contributed by atoms with Gasteiger partial charge in [-0.1, -0.05) is 18.2 Å². The summed E-state index contributed by atoms with van der Waals surface area (Å²) in [7, 11) is 0. The van der Waals surface area contributed by atoms with Crippen LogP contribution in [0.15, 0.2) is 5.16 Å². The molecule has 2 N–H and O–H groups in total. The molecule has 94 valence electrons. The average molecular weight is 257 g/mol. The van der Waals surface area contributed by atoms with Crippen LogP contribution in [0.3, 0.4) is 0 Å². The molecule has 1 saturated carbocycles. The summed E-state index contributed by atoms with van der Waals surface area (Å²) in [6.45, 7) is 0.623. The number of carbonyl (C=O) groups is 1. The van der Waals surface area contributed by atoms with Crippen molar-refractivity contribution in [1.29, 1.82) is 0 Å². The Morgan fingerprint density at radius 2 is 2.24 bits per heavy atom. The van der Waals surface area contributed by atoms with E-state index in [4.69, 9.17) is 10.2 Å². The predicted molar refractivity (Wildman–Crippen MR) is 61.6 cm³/mol. The van der Waals surface area contributed by atoms with Crippen LogP contribution in [0.5, 0.6) is 0 Å². The summed E-state index contributed by atoms with van der Waals surface area (Å²) in [5, 5.41) is 26.2. The summed E-state index contributed by atoms with van der Waals surface area (Å²) in [5.41, 5.74) is 0. The fraction of sp³-hybridized carbons (Fsp3) is 0.700. The van der Waals surface area contributed by atoms with Crippen LogP contribution >= 0.6 is 11.8 Å². The van der Waals surface area contributed by atoms with Gasteiger partial charge >= 0.3 is 5.97 Å². The number of aliphatic carboxylic acids is 1. The van der Waals surface area contributed by atoms with Crippen LogP contribution in [0.25, 0.3) is 0 Å². The smallest absolute Gasteiger partial charge is 0.313 e. The van der Waals surface area contributed by atoms with E-state index in [2.05, 4.69) is 10.2 Å². The Morgan fingerprint density at radius 1 is 1.47 bits per heavy atom. The molecule has 0 atom stereocenters. The highest BCUT2D eigenvalue weighted by atomic mass is 32.2. The number of hydrogen-bond acceptors (Lipinski definition) is 5. The largest absolute Gasteiger partial charge is 0.481 e. The fourth-order valence-corrected chi connectivity index (χ4v) is 2.47. The van der Waals surface area contributed by atoms with Crippen LogP contribution in [0, 0.1) is 5.92 Å². The molecule has 2 rings (SSSR count). The second-order valence-corrected chi connectivity index (χ2v) is 5.09. The predicted octanol–water partition coefficient (Wildman–Crippen LogP) is 0.747. The number of hydrogen-bond donors (Lipinski definition) is 2. The molecule has 1 aliphatic rings. The minimum Gasteiger partial charge on any atom is -0.481 e. The number of carboxylic acids is 1. The highest BCUT2D eigenvalue weighted by Gasteiger charge is 2.22. The van der Waals surface area contributed by atoms with Gasteiger partial charge in [0, 0.05) is 6.54 Å². The third-order valence-corrected chi connectivity index (χ3v) is 3.88. The Hall–Kier alpha value is -1.08. The molecule has 0 amide bonds. The van der Waals surface area contributed by atoms with E-state index in [1.165, 1.54) is 19.3 Å². The van der Waals surface area contributed by atoms with E-state index in [1.807, 2.05) is 4.57 Å². The molecule has 17 heavy (non-hydrogen) atoms. The van der Waals surface area contributed by atoms with Crippen molar-refractivity contribution in [2.75, 3.05) is 5.75 Å². The monoisotopic (exact) mass is 257 g/mol. The molecule has 1 aliphatic carbocycles. The standard InChI is InChI=1S/C10H15N3O3S/c14-5-8-11-12-10(17-6-9(15)16)13(8)4-7-2-1-3-7/h7,14H,1-6H2,(H,15,16). The topological polar surface area (TPSA) is 88.2 Å². The maximum Gasteiger partial charge on any atom is 0.313 e. The fourth-order valence-electron chi connectivity index (χ4n) is 1.79. The van der Waals surface area contributed by atoms with E-state index in [0.717, 1.165) is 18.3 Å². The molecule has 0 bridgehead atoms. The maximum atomic E-state index is 10.5. The van der Waals surface area contributed by atoms with E-state index in [-0.39, 0.29) is 12.4 Å². The van der Waals surface area contributed by atoms with Crippen LogP contribution in [0.4, 0.5) is 0 Å². The van der Waals surface area contributed by atoms with Crippen molar-refractivity contribution in [1.82, 2.24) is 14.8 Å². The van der Waals surface area contributed by atoms with Gasteiger partial charge in [-0.25, -0.2) is 0 Å². The molecular weight excluding hydrogens is 242 g/mol. The number of rotatable bonds is 6. The number of aliphatic hydroxyl groups is 1. The first-order valence-electron chi connectivity index (χ1n) is 5.58. The van der Waals surface area contributed by atoms with Gasteiger partial charge in [0.1, 0.15) is 6.61 Å². The molecule has 0 spiro atoms. The number of carboxylic acid groups (broad SMARTS) is 1. The quantitative estimate of drug-likeness (QED) is 0.731. The Labute approximate surface area is 103 Å². The van der Waals surface area contributed by atoms with Gasteiger partial charge in [-0.15, -0.1) is 10.2 Å². The number of aromatic nitrogens is 3. The maximum absolute atomic E-state index is 10.5. The van der Waals surface area contributed by atoms with Gasteiger partial charge in [-0.2, -0.15) is 0 Å². The first-order chi connectivity index (χ1) is 8.20. The molecule has 0 aliphatic heterocycles. The van der Waals surface area contributed by atoms with Gasteiger partial charge in [0.25, 0.3) is 0 Å². The Balaban J connectivity index is 2.07. The van der Waals surface area contributed by atoms with Gasteiger partial charge in [-0.3, -0.25) is 4.79 Å². The van der Waals surface area contributed by atoms with Crippen molar-refractivity contribution < 1.29 is 15.0 Å². The zero-order valence-electron chi connectivity index (χ0n) is 9.37. The number of aliphatic hydroxyl groups excluding tert-OH is 1. The normalized spacial score (nSPS) is 15.8. The van der Waals surface area contributed by atoms with Gasteiger partial charge in [0.15, 0.2) is 11.0 Å². The van der Waals surface area contributed by atoms with E-state index in [1.54, 1.807) is 0 Å². The zero-order chi connectivity index (χ0) is 12.3. The summed E-state index contributed by atoms with van der Waals surface area (Å²) in [6, 6.07) is 0. The summed E-state index contributed by atoms with van der Waals surface area (Å²) in [5.74, 6) is 0.220. The second-order valence-electron chi connectivity index (χ2n) is 4.15. The molecule has 7 heteroatoms. The molecule has 0 aromatic carbocycles. The lowest BCUT2D eigenvalue weighted by Gasteiger charge is -2.26. The number of nitrogens with zero attached hydrogens (tertiary/aromatic N) is 3. The Kier molecular flexibility index (Phi) is 4.01. The summed E-state index contributed by atoms with van der Waals surface area (Å²) >= 11 is 1.15. The molecule has 6 nitrogen and oxygen atoms in total. The third kappa shape index (κ3) is 2.98. The minimum absolute atomic E-state index is 0.0335. The summed E-state index contributed by atoms with van der Waals surface area (Å²) in [6.07, 6.45) is 3.62. The van der Waals surface area contributed by atoms with Gasteiger partial charge in [0.2, 0.25) is 0 Å². The first-order valence-corrected chi connectivity index (χ1v) is 6.56. The van der Waals surface area contributed by atoms with Crippen LogP contribution in [0.2, 0.25) is 0 Å². The Bertz CT molecular complexity index is 404. The average Bonchev–Trinajstić information content (AvgIpc) is 2.62. The Morgan fingerprint density at radius 3 is 2.76 bits per heavy atom. The van der Waals surface area contributed by atoms with Crippen molar-refractivity contribution in [2.24, 2.45) is 5.92 Å². The first kappa shape index (κ1) is 12.4. The molecule has 0 unspecified atom stereocenters. The third-order valence-electron chi connectivity index (χ3n) is 2.93. The van der Waals surface area contributed by atoms with Crippen molar-refractivity contribution in [2.45, 2.75) is 37.6 Å². The van der Waals surface area contributed by atoms with Crippen LogP contribution in [-0.2, 0) is 17.9 Å². The number of thioether (sulfide) groups is 1. The minimum atomic E-state index is -0.876. The van der Waals surface area contributed by atoms with Crippen LogP contribution in [-0.4, -0.2) is 36.7 Å². The SMILES string of the molecule is O=C(O)CSc1nnc(CO)n1CC1CCC1. The lowest BCUT2D eigenvalue weighted by molar-refractivity contribution is -0.133. The highest BCUT2D eigenvalue weighted by Crippen LogP contribution is 2.30. The van der Waals surface area contributed by atoms with E-state index in [9.17, 15) is 4.79 Å². The van der Waals surface area contributed by atoms with E-state index >= 15 is 0 Å². The molecule has 1 aromatic heterocycles. The van der Waals surface area contributed by atoms with Crippen molar-refractivity contribution in [3.05, 3.63) is 5.82 Å². The molecule has 0 radical (unpaired) electrons. The van der Waals surface area contributed by atoms with E-state index < -0.39 is 5.97 Å². The highest BCUT2D eigenvalue weighted by molar-refractivity contribution is 7.99. The second kappa shape index (κ2) is 5.50. The molecular formula is C10H15N3O3S. The summed E-state index contributed by atoms with van der Waals surface area (Å²) in [4.78, 5) is 10.5. The molecule has 0 saturated heterocycles. The van der Waals surface area contributed by atoms with Crippen LogP contribution < -0.4 is 0 Å². The van der Waals surface area contributed by atoms with Crippen molar-refractivity contribution >= 4 is 17.7 Å². The van der Waals surface area contributed by atoms with E-state index in [0.29, 0.717) is 16.9 Å². The van der Waals surface area contributed by atoms with Gasteiger partial charge in [0.05, 0.1) is 5.75 Å². The van der Waals surface area contributed by atoms with Gasteiger partial charge in [-0.05, 0) is 18.8 Å².